The number of allylic oxidation sites excluding steroid dienone is 4. The van der Waals surface area contributed by atoms with Gasteiger partial charge in [-0.2, -0.15) is 0 Å². The van der Waals surface area contributed by atoms with Crippen LogP contribution in [0.1, 0.15) is 26.7 Å². The van der Waals surface area contributed by atoms with Gasteiger partial charge in [-0.1, -0.05) is 11.1 Å². The first kappa shape index (κ1) is 10.1. The molecule has 3 aliphatic carbocycles. The number of fused-ring (bicyclic) bond motifs is 5. The van der Waals surface area contributed by atoms with E-state index in [1.165, 1.54) is 18.4 Å². The number of hydrogen-bond donors (Lipinski definition) is 0. The number of ether oxygens (including phenoxy) is 1. The van der Waals surface area contributed by atoms with Gasteiger partial charge >= 0.3 is 0 Å². The second-order valence-electron chi connectivity index (χ2n) is 5.45. The van der Waals surface area contributed by atoms with Crippen LogP contribution in [0.5, 0.6) is 0 Å². The van der Waals surface area contributed by atoms with Crippen LogP contribution in [0.3, 0.4) is 0 Å². The smallest absolute Gasteiger partial charge is 0.163 e. The van der Waals surface area contributed by atoms with Crippen molar-refractivity contribution in [3.8, 4) is 0 Å². The molecular weight excluding hydrogens is 200 g/mol. The molecule has 0 aromatic carbocycles. The highest BCUT2D eigenvalue weighted by molar-refractivity contribution is 5.96. The molecule has 2 fully saturated rings. The second-order valence-corrected chi connectivity index (χ2v) is 5.45. The molecular formula is C14H18O2. The summed E-state index contributed by atoms with van der Waals surface area (Å²) < 4.78 is 5.39. The minimum absolute atomic E-state index is 0.207. The zero-order valence-electron chi connectivity index (χ0n) is 10.1. The third-order valence-electron chi connectivity index (χ3n) is 4.60. The molecule has 0 unspecified atom stereocenters. The molecule has 2 saturated carbocycles. The third kappa shape index (κ3) is 1.05. The molecule has 2 heteroatoms. The van der Waals surface area contributed by atoms with Crippen molar-refractivity contribution in [1.29, 1.82) is 0 Å². The molecule has 0 saturated heterocycles. The molecule has 0 radical (unpaired) electrons. The predicted molar refractivity (Wildman–Crippen MR) is 61.7 cm³/mol. The molecule has 16 heavy (non-hydrogen) atoms. The molecule has 0 aromatic heterocycles. The lowest BCUT2D eigenvalue weighted by atomic mass is 9.80. The fraction of sp³-hybridized carbons (Fsp3) is 0.643. The molecule has 86 valence electrons. The Balaban J connectivity index is 2.07. The second kappa shape index (κ2) is 3.22. The van der Waals surface area contributed by atoms with Crippen LogP contribution in [0.4, 0.5) is 0 Å². The third-order valence-corrected chi connectivity index (χ3v) is 4.60. The van der Waals surface area contributed by atoms with E-state index in [1.54, 1.807) is 18.8 Å². The van der Waals surface area contributed by atoms with E-state index in [4.69, 9.17) is 4.74 Å². The summed E-state index contributed by atoms with van der Waals surface area (Å²) in [6.07, 6.45) is 4.17. The Morgan fingerprint density at radius 1 is 1.25 bits per heavy atom. The van der Waals surface area contributed by atoms with Gasteiger partial charge in [-0.25, -0.2) is 0 Å². The van der Waals surface area contributed by atoms with Crippen LogP contribution in [0, 0.1) is 23.7 Å². The number of rotatable bonds is 1. The molecule has 0 N–H and O–H groups in total. The van der Waals surface area contributed by atoms with Crippen molar-refractivity contribution >= 4 is 5.78 Å². The van der Waals surface area contributed by atoms with Crippen LogP contribution >= 0.6 is 0 Å². The minimum Gasteiger partial charge on any atom is -0.501 e. The van der Waals surface area contributed by atoms with Crippen LogP contribution in [0.15, 0.2) is 23.0 Å². The maximum absolute atomic E-state index is 12.0. The quantitative estimate of drug-likeness (QED) is 0.632. The average molecular weight is 218 g/mol. The van der Waals surface area contributed by atoms with Gasteiger partial charge in [0.1, 0.15) is 5.76 Å². The molecule has 3 aliphatic rings. The minimum atomic E-state index is 0.207. The largest absolute Gasteiger partial charge is 0.501 e. The number of ketones is 1. The van der Waals surface area contributed by atoms with Gasteiger partial charge in [0.05, 0.1) is 7.11 Å². The van der Waals surface area contributed by atoms with E-state index in [2.05, 4.69) is 13.8 Å². The van der Waals surface area contributed by atoms with E-state index < -0.39 is 0 Å². The van der Waals surface area contributed by atoms with Crippen LogP contribution in [0.25, 0.3) is 0 Å². The Bertz CT molecular complexity index is 412. The molecule has 0 aromatic rings. The summed E-state index contributed by atoms with van der Waals surface area (Å²) in [5, 5.41) is 0. The van der Waals surface area contributed by atoms with Crippen LogP contribution in [-0.4, -0.2) is 12.9 Å². The predicted octanol–water partition coefficient (Wildman–Crippen LogP) is 2.71. The molecule has 0 heterocycles. The molecule has 0 amide bonds. The fourth-order valence-electron chi connectivity index (χ4n) is 4.21. The standard InChI is InChI=1S/C14H18O2/c1-7(2)12-8-4-5-9(12)14-11(16-3)6-10(15)13(8)14/h6,8-9,13-14H,4-5H2,1-3H3/t8-,9-,13+,14+/m0/s1. The number of hydrogen-bond acceptors (Lipinski definition) is 2. The normalized spacial score (nSPS) is 40.1. The summed E-state index contributed by atoms with van der Waals surface area (Å²) in [5.74, 6) is 2.89. The zero-order valence-corrected chi connectivity index (χ0v) is 10.1. The van der Waals surface area contributed by atoms with Gasteiger partial charge < -0.3 is 4.74 Å². The molecule has 2 bridgehead atoms. The topological polar surface area (TPSA) is 26.3 Å². The van der Waals surface area contributed by atoms with E-state index >= 15 is 0 Å². The molecule has 2 nitrogen and oxygen atoms in total. The maximum atomic E-state index is 12.0. The zero-order chi connectivity index (χ0) is 11.4. The molecule has 0 spiro atoms. The van der Waals surface area contributed by atoms with E-state index in [0.29, 0.717) is 23.5 Å². The van der Waals surface area contributed by atoms with Crippen molar-refractivity contribution < 1.29 is 9.53 Å². The molecule has 3 rings (SSSR count). The van der Waals surface area contributed by atoms with Gasteiger partial charge in [0.25, 0.3) is 0 Å². The Hall–Kier alpha value is -1.05. The average Bonchev–Trinajstić information content (AvgIpc) is 2.87. The number of carbonyl (C=O) groups is 1. The summed E-state index contributed by atoms with van der Waals surface area (Å²) in [6.45, 7) is 4.37. The first-order valence-electron chi connectivity index (χ1n) is 6.12. The van der Waals surface area contributed by atoms with E-state index in [1.807, 2.05) is 0 Å². The summed E-state index contributed by atoms with van der Waals surface area (Å²) in [5.41, 5.74) is 2.98. The lowest BCUT2D eigenvalue weighted by molar-refractivity contribution is -0.119. The Kier molecular flexibility index (Phi) is 2.04. The summed E-state index contributed by atoms with van der Waals surface area (Å²) >= 11 is 0. The van der Waals surface area contributed by atoms with Crippen molar-refractivity contribution in [3.05, 3.63) is 23.0 Å². The molecule has 4 atom stereocenters. The van der Waals surface area contributed by atoms with Crippen molar-refractivity contribution in [2.75, 3.05) is 7.11 Å². The highest BCUT2D eigenvalue weighted by Gasteiger charge is 2.58. The summed E-state index contributed by atoms with van der Waals surface area (Å²) in [4.78, 5) is 12.0. The highest BCUT2D eigenvalue weighted by Crippen LogP contribution is 2.61. The van der Waals surface area contributed by atoms with Gasteiger partial charge in [-0.05, 0) is 38.5 Å². The first-order valence-corrected chi connectivity index (χ1v) is 6.12. The highest BCUT2D eigenvalue weighted by atomic mass is 16.5. The van der Waals surface area contributed by atoms with Crippen molar-refractivity contribution in [1.82, 2.24) is 0 Å². The van der Waals surface area contributed by atoms with E-state index in [9.17, 15) is 4.79 Å². The van der Waals surface area contributed by atoms with Gasteiger partial charge in [0.15, 0.2) is 5.78 Å². The lowest BCUT2D eigenvalue weighted by Crippen LogP contribution is -2.24. The Morgan fingerprint density at radius 2 is 1.88 bits per heavy atom. The maximum Gasteiger partial charge on any atom is 0.163 e. The van der Waals surface area contributed by atoms with Crippen LogP contribution in [-0.2, 0) is 9.53 Å². The van der Waals surface area contributed by atoms with Crippen molar-refractivity contribution in [3.63, 3.8) is 0 Å². The van der Waals surface area contributed by atoms with Gasteiger partial charge in [0, 0.05) is 17.9 Å². The summed E-state index contributed by atoms with van der Waals surface area (Å²) in [6, 6.07) is 0. The lowest BCUT2D eigenvalue weighted by Gasteiger charge is -2.24. The van der Waals surface area contributed by atoms with Gasteiger partial charge in [-0.3, -0.25) is 4.79 Å². The fourth-order valence-corrected chi connectivity index (χ4v) is 4.21. The SMILES string of the molecule is COC1=CC(=O)[C@@H]2[C@@H]1[C@H]1CC[C@H]2C1=C(C)C. The van der Waals surface area contributed by atoms with Crippen LogP contribution < -0.4 is 0 Å². The molecule has 0 aliphatic heterocycles. The number of methoxy groups -OCH3 is 1. The van der Waals surface area contributed by atoms with Crippen LogP contribution in [0.2, 0.25) is 0 Å². The van der Waals surface area contributed by atoms with E-state index in [-0.39, 0.29) is 5.92 Å². The monoisotopic (exact) mass is 218 g/mol. The Morgan fingerprint density at radius 3 is 2.44 bits per heavy atom. The summed E-state index contributed by atoms with van der Waals surface area (Å²) in [7, 11) is 1.69. The number of carbonyl (C=O) groups excluding carboxylic acids is 1. The first-order chi connectivity index (χ1) is 7.65. The van der Waals surface area contributed by atoms with Gasteiger partial charge in [0.2, 0.25) is 0 Å². The Labute approximate surface area is 96.4 Å². The van der Waals surface area contributed by atoms with Crippen molar-refractivity contribution in [2.45, 2.75) is 26.7 Å². The van der Waals surface area contributed by atoms with Gasteiger partial charge in [-0.15, -0.1) is 0 Å². The van der Waals surface area contributed by atoms with E-state index in [0.717, 1.165) is 5.76 Å². The van der Waals surface area contributed by atoms with Crippen molar-refractivity contribution in [2.24, 2.45) is 23.7 Å².